The average Bonchev–Trinajstić information content (AvgIpc) is 3.37. The monoisotopic (exact) mass is 998 g/mol. The number of hydrogen-bond acceptors (Lipinski definition) is 10. The van der Waals surface area contributed by atoms with Crippen LogP contribution in [0, 0.1) is 0 Å². The van der Waals surface area contributed by atoms with Crippen molar-refractivity contribution in [2.45, 2.75) is 269 Å². The van der Waals surface area contributed by atoms with Gasteiger partial charge in [0.25, 0.3) is 0 Å². The molecular formula is C60H103NO10. The van der Waals surface area contributed by atoms with E-state index in [4.69, 9.17) is 14.2 Å². The molecule has 0 saturated carbocycles. The maximum Gasteiger partial charge on any atom is 0.306 e. The normalized spacial score (nSPS) is 20.3. The van der Waals surface area contributed by atoms with Crippen molar-refractivity contribution < 1.29 is 49.3 Å². The number of aliphatic hydroxyl groups excluding tert-OH is 5. The third-order valence-corrected chi connectivity index (χ3v) is 12.8. The van der Waals surface area contributed by atoms with Crippen LogP contribution in [0.25, 0.3) is 0 Å². The second-order valence-electron chi connectivity index (χ2n) is 19.3. The first-order valence-electron chi connectivity index (χ1n) is 28.4. The Bertz CT molecular complexity index is 1470. The second-order valence-corrected chi connectivity index (χ2v) is 19.3. The summed E-state index contributed by atoms with van der Waals surface area (Å²) in [5, 5.41) is 56.7. The molecule has 0 aromatic heterocycles. The van der Waals surface area contributed by atoms with Gasteiger partial charge in [-0.15, -0.1) is 0 Å². The summed E-state index contributed by atoms with van der Waals surface area (Å²) in [5.41, 5.74) is 0. The molecule has 0 aliphatic carbocycles. The fourth-order valence-corrected chi connectivity index (χ4v) is 8.27. The summed E-state index contributed by atoms with van der Waals surface area (Å²) in [4.78, 5) is 26.4. The van der Waals surface area contributed by atoms with Crippen LogP contribution in [0.3, 0.4) is 0 Å². The molecule has 0 radical (unpaired) electrons. The molecule has 11 heteroatoms. The maximum absolute atomic E-state index is 13.3. The summed E-state index contributed by atoms with van der Waals surface area (Å²) in [7, 11) is 0. The van der Waals surface area contributed by atoms with Crippen LogP contribution >= 0.6 is 0 Å². The Morgan fingerprint density at radius 1 is 0.563 bits per heavy atom. The van der Waals surface area contributed by atoms with Crippen LogP contribution in [-0.4, -0.2) is 99.6 Å². The Kier molecular flexibility index (Phi) is 44.4. The van der Waals surface area contributed by atoms with Crippen molar-refractivity contribution >= 4 is 11.9 Å². The quantitative estimate of drug-likeness (QED) is 0.0196. The minimum absolute atomic E-state index is 0.0401. The molecule has 1 amide bonds. The molecule has 0 spiro atoms. The number of hydrogen-bond donors (Lipinski definition) is 6. The highest BCUT2D eigenvalue weighted by Gasteiger charge is 2.47. The van der Waals surface area contributed by atoms with E-state index >= 15 is 0 Å². The summed E-state index contributed by atoms with van der Waals surface area (Å²) in [6.07, 6.45) is 50.6. The molecule has 1 aliphatic rings. The maximum atomic E-state index is 13.3. The Hall–Kier alpha value is -3.16. The first kappa shape index (κ1) is 65.9. The van der Waals surface area contributed by atoms with E-state index in [1.807, 2.05) is 18.2 Å². The molecular weight excluding hydrogens is 895 g/mol. The van der Waals surface area contributed by atoms with Gasteiger partial charge in [0, 0.05) is 6.42 Å². The Balaban J connectivity index is 2.79. The number of carbonyl (C=O) groups is 2. The lowest BCUT2D eigenvalue weighted by Gasteiger charge is -2.41. The lowest BCUT2D eigenvalue weighted by Crippen LogP contribution is -2.61. The molecule has 408 valence electrons. The number of allylic oxidation sites excluding steroid dienone is 13. The van der Waals surface area contributed by atoms with Crippen molar-refractivity contribution in [2.24, 2.45) is 0 Å². The van der Waals surface area contributed by atoms with E-state index in [-0.39, 0.29) is 19.4 Å². The molecule has 6 N–H and O–H groups in total. The number of esters is 1. The molecule has 0 bridgehead atoms. The SMILES string of the molecule is CC/C=C\C/C=C\C/C=C\C/C=C\C/C=C\CCCC(=O)OC1C(OCC(NC(=O)C(O)CCCC/C=C\CCCCCCCCC)C(O)/C=C/CCCCCCCCCCCC)OC(CO)C(O)C1O. The molecule has 71 heavy (non-hydrogen) atoms. The molecule has 1 rings (SSSR count). The number of aliphatic hydroxyl groups is 5. The average molecular weight is 998 g/mol. The van der Waals surface area contributed by atoms with Crippen molar-refractivity contribution in [3.8, 4) is 0 Å². The first-order valence-corrected chi connectivity index (χ1v) is 28.4. The number of ether oxygens (including phenoxy) is 3. The van der Waals surface area contributed by atoms with Crippen LogP contribution in [0.15, 0.2) is 85.1 Å². The zero-order chi connectivity index (χ0) is 51.8. The summed E-state index contributed by atoms with van der Waals surface area (Å²) < 4.78 is 17.5. The zero-order valence-electron chi connectivity index (χ0n) is 44.8. The third kappa shape index (κ3) is 36.4. The van der Waals surface area contributed by atoms with Gasteiger partial charge >= 0.3 is 5.97 Å². The standard InChI is InChI=1S/C60H103NO10/c1-4-7-10-13-16-19-22-25-26-27-28-30-33-36-39-42-45-48-55(65)71-58-57(67)56(66)54(49-62)70-60(58)69-50-51(52(63)46-43-40-37-34-31-24-21-18-15-12-9-6-3)61-59(68)53(64)47-44-41-38-35-32-29-23-20-17-14-11-8-5-2/h7,10,16,19,25-26,28,30,32,35-36,39,43,46,51-54,56-58,60,62-64,66-67H,4-6,8-9,11-15,17-18,20-24,27,29,31,33-34,37-38,40-42,44-45,47-50H2,1-3H3,(H,61,68)/b10-7-,19-16-,26-25-,30-28-,35-32-,39-36-,46-43+. The van der Waals surface area contributed by atoms with Gasteiger partial charge in [-0.1, -0.05) is 209 Å². The summed E-state index contributed by atoms with van der Waals surface area (Å²) in [6, 6.07) is -1.05. The van der Waals surface area contributed by atoms with Crippen LogP contribution in [-0.2, 0) is 23.8 Å². The summed E-state index contributed by atoms with van der Waals surface area (Å²) in [6.45, 7) is 5.60. The van der Waals surface area contributed by atoms with E-state index in [1.54, 1.807) is 6.08 Å². The molecule has 0 aromatic carbocycles. The molecule has 0 aromatic rings. The number of nitrogens with one attached hydrogen (secondary N) is 1. The van der Waals surface area contributed by atoms with Crippen LogP contribution in [0.1, 0.15) is 220 Å². The molecule has 8 unspecified atom stereocenters. The number of carbonyl (C=O) groups excluding carboxylic acids is 2. The fraction of sp³-hybridized carbons (Fsp3) is 0.733. The van der Waals surface area contributed by atoms with Crippen molar-refractivity contribution in [2.75, 3.05) is 13.2 Å². The second kappa shape index (κ2) is 47.8. The van der Waals surface area contributed by atoms with Gasteiger partial charge in [-0.25, -0.2) is 0 Å². The lowest BCUT2D eigenvalue weighted by molar-refractivity contribution is -0.305. The van der Waals surface area contributed by atoms with E-state index < -0.39 is 67.4 Å². The topological polar surface area (TPSA) is 175 Å². The smallest absolute Gasteiger partial charge is 0.306 e. The van der Waals surface area contributed by atoms with Gasteiger partial charge in [-0.05, 0) is 89.9 Å². The van der Waals surface area contributed by atoms with Crippen LogP contribution < -0.4 is 5.32 Å². The Morgan fingerprint density at radius 3 is 1.54 bits per heavy atom. The van der Waals surface area contributed by atoms with E-state index in [0.717, 1.165) is 77.0 Å². The molecule has 1 fully saturated rings. The third-order valence-electron chi connectivity index (χ3n) is 12.8. The lowest BCUT2D eigenvalue weighted by atomic mass is 9.99. The number of rotatable bonds is 46. The first-order chi connectivity index (χ1) is 34.7. The summed E-state index contributed by atoms with van der Waals surface area (Å²) >= 11 is 0. The van der Waals surface area contributed by atoms with Crippen molar-refractivity contribution in [3.63, 3.8) is 0 Å². The van der Waals surface area contributed by atoms with E-state index in [0.29, 0.717) is 19.3 Å². The van der Waals surface area contributed by atoms with E-state index in [1.165, 1.54) is 89.9 Å². The number of unbranched alkanes of at least 4 members (excludes halogenated alkanes) is 20. The fourth-order valence-electron chi connectivity index (χ4n) is 8.27. The van der Waals surface area contributed by atoms with Gasteiger partial charge in [0.05, 0.1) is 25.4 Å². The Morgan fingerprint density at radius 2 is 1.01 bits per heavy atom. The minimum Gasteiger partial charge on any atom is -0.454 e. The largest absolute Gasteiger partial charge is 0.454 e. The predicted molar refractivity (Wildman–Crippen MR) is 292 cm³/mol. The highest BCUT2D eigenvalue weighted by molar-refractivity contribution is 5.80. The van der Waals surface area contributed by atoms with Crippen LogP contribution in [0.5, 0.6) is 0 Å². The zero-order valence-corrected chi connectivity index (χ0v) is 44.8. The molecule has 1 heterocycles. The molecule has 11 nitrogen and oxygen atoms in total. The molecule has 1 aliphatic heterocycles. The van der Waals surface area contributed by atoms with Gasteiger partial charge in [0.2, 0.25) is 5.91 Å². The number of amides is 1. The highest BCUT2D eigenvalue weighted by Crippen LogP contribution is 2.26. The van der Waals surface area contributed by atoms with Crippen molar-refractivity contribution in [1.82, 2.24) is 5.32 Å². The van der Waals surface area contributed by atoms with Crippen molar-refractivity contribution in [3.05, 3.63) is 85.1 Å². The minimum atomic E-state index is -1.64. The van der Waals surface area contributed by atoms with Gasteiger partial charge in [-0.2, -0.15) is 0 Å². The highest BCUT2D eigenvalue weighted by atomic mass is 16.7. The molecule has 1 saturated heterocycles. The van der Waals surface area contributed by atoms with Crippen molar-refractivity contribution in [1.29, 1.82) is 0 Å². The predicted octanol–water partition coefficient (Wildman–Crippen LogP) is 12.6. The Labute approximate surface area is 432 Å². The van der Waals surface area contributed by atoms with Gasteiger partial charge in [0.1, 0.15) is 24.4 Å². The van der Waals surface area contributed by atoms with Crippen LogP contribution in [0.2, 0.25) is 0 Å². The van der Waals surface area contributed by atoms with Gasteiger partial charge in [-0.3, -0.25) is 9.59 Å². The van der Waals surface area contributed by atoms with Crippen LogP contribution in [0.4, 0.5) is 0 Å². The van der Waals surface area contributed by atoms with Gasteiger partial charge in [0.15, 0.2) is 12.4 Å². The van der Waals surface area contributed by atoms with Gasteiger partial charge < -0.3 is 45.1 Å². The molecule has 8 atom stereocenters. The summed E-state index contributed by atoms with van der Waals surface area (Å²) in [5.74, 6) is -1.28. The van der Waals surface area contributed by atoms with E-state index in [9.17, 15) is 35.1 Å². The van der Waals surface area contributed by atoms with E-state index in [2.05, 4.69) is 86.8 Å².